The summed E-state index contributed by atoms with van der Waals surface area (Å²) >= 11 is 0. The number of carbonyl (C=O) groups excluding carboxylic acids is 2. The van der Waals surface area contributed by atoms with Gasteiger partial charge < -0.3 is 20.4 Å². The quantitative estimate of drug-likeness (QED) is 0.669. The van der Waals surface area contributed by atoms with Gasteiger partial charge in [-0.2, -0.15) is 5.26 Å². The molecule has 2 aliphatic carbocycles. The fraction of sp³-hybridized carbons (Fsp3) is 0.864. The summed E-state index contributed by atoms with van der Waals surface area (Å²) in [5.41, 5.74) is -0.684. The number of piperidine rings is 2. The Morgan fingerprint density at radius 3 is 2.16 bits per heavy atom. The lowest BCUT2D eigenvalue weighted by atomic mass is 9.71. The van der Waals surface area contributed by atoms with Crippen LogP contribution in [0.1, 0.15) is 64.7 Å². The van der Waals surface area contributed by atoms with E-state index >= 15 is 0 Å². The van der Waals surface area contributed by atoms with Crippen LogP contribution < -0.4 is 10.6 Å². The van der Waals surface area contributed by atoms with Crippen molar-refractivity contribution in [3.63, 3.8) is 0 Å². The molecule has 1 unspecified atom stereocenters. The van der Waals surface area contributed by atoms with E-state index in [9.17, 15) is 18.4 Å². The number of nitriles is 1. The Morgan fingerprint density at radius 1 is 1.10 bits per heavy atom. The zero-order valence-corrected chi connectivity index (χ0v) is 18.3. The largest absolute Gasteiger partial charge is 0.336 e. The summed E-state index contributed by atoms with van der Waals surface area (Å²) in [6.07, 6.45) is 7.00. The van der Waals surface area contributed by atoms with Gasteiger partial charge in [0.25, 0.3) is 0 Å². The Morgan fingerprint density at radius 2 is 1.68 bits per heavy atom. The van der Waals surface area contributed by atoms with Crippen molar-refractivity contribution in [3.8, 4) is 6.07 Å². The second-order valence-electron chi connectivity index (χ2n) is 10.2. The van der Waals surface area contributed by atoms with Crippen LogP contribution in [0.4, 0.5) is 13.6 Å². The van der Waals surface area contributed by atoms with Gasteiger partial charge in [0.2, 0.25) is 11.8 Å². The van der Waals surface area contributed by atoms with E-state index in [4.69, 9.17) is 5.26 Å². The van der Waals surface area contributed by atoms with E-state index in [1.807, 2.05) is 6.07 Å². The average Bonchev–Trinajstić information content (AvgIpc) is 3.63. The van der Waals surface area contributed by atoms with Crippen LogP contribution in [0.2, 0.25) is 0 Å². The molecule has 4 fully saturated rings. The molecule has 2 saturated heterocycles. The lowest BCUT2D eigenvalue weighted by molar-refractivity contribution is -0.126. The number of rotatable bonds is 6. The summed E-state index contributed by atoms with van der Waals surface area (Å²) in [4.78, 5) is 29.6. The van der Waals surface area contributed by atoms with Crippen molar-refractivity contribution in [1.29, 1.82) is 5.26 Å². The highest BCUT2D eigenvalue weighted by molar-refractivity contribution is 5.88. The molecule has 4 rings (SSSR count). The van der Waals surface area contributed by atoms with Crippen molar-refractivity contribution in [2.45, 2.75) is 88.3 Å². The fourth-order valence-corrected chi connectivity index (χ4v) is 5.01. The molecule has 0 aromatic carbocycles. The molecule has 0 radical (unpaired) electrons. The van der Waals surface area contributed by atoms with Crippen molar-refractivity contribution in [3.05, 3.63) is 0 Å². The van der Waals surface area contributed by atoms with E-state index < -0.39 is 35.9 Å². The third-order valence-corrected chi connectivity index (χ3v) is 7.54. The monoisotopic (exact) mass is 437 g/mol. The first-order valence-corrected chi connectivity index (χ1v) is 11.5. The molecule has 4 aliphatic rings. The Balaban J connectivity index is 1.30. The van der Waals surface area contributed by atoms with Crippen molar-refractivity contribution in [1.82, 2.24) is 20.4 Å². The van der Waals surface area contributed by atoms with E-state index in [2.05, 4.69) is 15.5 Å². The number of hydrogen-bond donors (Lipinski definition) is 2. The highest BCUT2D eigenvalue weighted by Crippen LogP contribution is 2.43. The highest BCUT2D eigenvalue weighted by atomic mass is 19.3. The summed E-state index contributed by atoms with van der Waals surface area (Å²) in [7, 11) is 0. The van der Waals surface area contributed by atoms with Crippen LogP contribution in [-0.4, -0.2) is 71.5 Å². The maximum atomic E-state index is 13.7. The molecule has 0 aromatic rings. The molecule has 1 spiro atoms. The summed E-state index contributed by atoms with van der Waals surface area (Å²) in [5, 5.41) is 14.2. The SMILES string of the molecule is CC(F)(F)CC(NC(=O)N1CCC2(CC1)CCN(C1CC1)CC2)C(=O)NC1(C#N)CC1. The number of likely N-dealkylation sites (tertiary alicyclic amines) is 2. The van der Waals surface area contributed by atoms with Gasteiger partial charge in [-0.1, -0.05) is 0 Å². The van der Waals surface area contributed by atoms with Gasteiger partial charge in [0.15, 0.2) is 0 Å². The van der Waals surface area contributed by atoms with E-state index in [0.29, 0.717) is 25.9 Å². The van der Waals surface area contributed by atoms with Crippen LogP contribution >= 0.6 is 0 Å². The number of halogens is 2. The van der Waals surface area contributed by atoms with Gasteiger partial charge >= 0.3 is 6.03 Å². The number of urea groups is 1. The molecule has 2 saturated carbocycles. The lowest BCUT2D eigenvalue weighted by Crippen LogP contribution is -2.56. The van der Waals surface area contributed by atoms with Gasteiger partial charge in [-0.05, 0) is 76.8 Å². The summed E-state index contributed by atoms with van der Waals surface area (Å²) in [6, 6.07) is 0.969. The van der Waals surface area contributed by atoms with Crippen LogP contribution in [0.15, 0.2) is 0 Å². The number of hydrogen-bond acceptors (Lipinski definition) is 4. The third kappa shape index (κ3) is 5.46. The Hall–Kier alpha value is -1.95. The standard InChI is InChI=1S/C22H33F2N5O2/c1-20(23,24)14-17(18(30)27-22(15-25)4-5-22)26-19(31)29-12-8-21(9-13-29)6-10-28(11-7-21)16-2-3-16/h16-17H,2-14H2,1H3,(H,26,31)(H,27,30). The minimum atomic E-state index is -3.11. The van der Waals surface area contributed by atoms with E-state index in [1.54, 1.807) is 4.90 Å². The van der Waals surface area contributed by atoms with Gasteiger partial charge in [-0.15, -0.1) is 0 Å². The van der Waals surface area contributed by atoms with Crippen molar-refractivity contribution in [2.75, 3.05) is 26.2 Å². The van der Waals surface area contributed by atoms with Crippen LogP contribution in [0, 0.1) is 16.7 Å². The molecule has 2 aliphatic heterocycles. The normalized spacial score (nSPS) is 26.1. The predicted molar refractivity (Wildman–Crippen MR) is 110 cm³/mol. The Bertz CT molecular complexity index is 736. The molecular formula is C22H33F2N5O2. The number of amides is 3. The lowest BCUT2D eigenvalue weighted by Gasteiger charge is -2.47. The first-order chi connectivity index (χ1) is 14.6. The van der Waals surface area contributed by atoms with Crippen molar-refractivity contribution < 1.29 is 18.4 Å². The summed E-state index contributed by atoms with van der Waals surface area (Å²) < 4.78 is 27.3. The van der Waals surface area contributed by atoms with Gasteiger partial charge in [0.1, 0.15) is 11.6 Å². The molecule has 3 amide bonds. The third-order valence-electron chi connectivity index (χ3n) is 7.54. The zero-order valence-electron chi connectivity index (χ0n) is 18.3. The second-order valence-corrected chi connectivity index (χ2v) is 10.2. The second kappa shape index (κ2) is 8.19. The Kier molecular flexibility index (Phi) is 5.88. The van der Waals surface area contributed by atoms with Crippen LogP contribution in [0.25, 0.3) is 0 Å². The van der Waals surface area contributed by atoms with Crippen LogP contribution in [0.3, 0.4) is 0 Å². The first-order valence-electron chi connectivity index (χ1n) is 11.5. The average molecular weight is 438 g/mol. The van der Waals surface area contributed by atoms with Crippen molar-refractivity contribution in [2.24, 2.45) is 5.41 Å². The maximum absolute atomic E-state index is 13.7. The zero-order chi connectivity index (χ0) is 22.3. The van der Waals surface area contributed by atoms with Crippen LogP contribution in [-0.2, 0) is 4.79 Å². The molecule has 2 heterocycles. The molecule has 172 valence electrons. The van der Waals surface area contributed by atoms with E-state index in [0.717, 1.165) is 51.7 Å². The molecular weight excluding hydrogens is 404 g/mol. The topological polar surface area (TPSA) is 88.5 Å². The molecule has 1 atom stereocenters. The van der Waals surface area contributed by atoms with Gasteiger partial charge in [-0.25, -0.2) is 13.6 Å². The molecule has 7 nitrogen and oxygen atoms in total. The molecule has 9 heteroatoms. The van der Waals surface area contributed by atoms with Gasteiger partial charge in [0.05, 0.1) is 6.07 Å². The number of nitrogens with zero attached hydrogens (tertiary/aromatic N) is 3. The number of alkyl halides is 2. The highest BCUT2D eigenvalue weighted by Gasteiger charge is 2.47. The first kappa shape index (κ1) is 22.3. The van der Waals surface area contributed by atoms with E-state index in [-0.39, 0.29) is 5.41 Å². The summed E-state index contributed by atoms with van der Waals surface area (Å²) in [5.74, 6) is -3.82. The predicted octanol–water partition coefficient (Wildman–Crippen LogP) is 2.62. The minimum absolute atomic E-state index is 0.278. The van der Waals surface area contributed by atoms with Gasteiger partial charge in [0, 0.05) is 25.6 Å². The molecule has 0 bridgehead atoms. The number of carbonyl (C=O) groups is 2. The number of nitrogens with one attached hydrogen (secondary N) is 2. The summed E-state index contributed by atoms with van der Waals surface area (Å²) in [6.45, 7) is 4.15. The maximum Gasteiger partial charge on any atom is 0.318 e. The fourth-order valence-electron chi connectivity index (χ4n) is 5.01. The van der Waals surface area contributed by atoms with E-state index in [1.165, 1.54) is 12.8 Å². The van der Waals surface area contributed by atoms with Gasteiger partial charge in [-0.3, -0.25) is 4.79 Å². The smallest absolute Gasteiger partial charge is 0.318 e. The van der Waals surface area contributed by atoms with Crippen molar-refractivity contribution >= 4 is 11.9 Å². The molecule has 2 N–H and O–H groups in total. The molecule has 31 heavy (non-hydrogen) atoms. The Labute approximate surface area is 182 Å². The minimum Gasteiger partial charge on any atom is -0.336 e. The molecule has 0 aromatic heterocycles. The van der Waals surface area contributed by atoms with Crippen LogP contribution in [0.5, 0.6) is 0 Å².